The average Bonchev–Trinajstić information content (AvgIpc) is 3.25. The quantitative estimate of drug-likeness (QED) is 0.768. The fraction of sp³-hybridized carbons (Fsp3) is 0.429. The molecule has 0 atom stereocenters. The fourth-order valence-electron chi connectivity index (χ4n) is 3.82. The zero-order valence-corrected chi connectivity index (χ0v) is 17.6. The molecular weight excluding hydrogens is 418 g/mol. The first-order valence-electron chi connectivity index (χ1n) is 9.91. The maximum absolute atomic E-state index is 12.4. The lowest BCUT2D eigenvalue weighted by molar-refractivity contribution is -0.117. The van der Waals surface area contributed by atoms with Crippen LogP contribution >= 0.6 is 15.9 Å². The largest absolute Gasteiger partial charge is 0.372 e. The van der Waals surface area contributed by atoms with Crippen molar-refractivity contribution in [3.05, 3.63) is 47.1 Å². The molecule has 2 aromatic rings. The Morgan fingerprint density at radius 1 is 0.929 bits per heavy atom. The van der Waals surface area contributed by atoms with E-state index < -0.39 is 0 Å². The third kappa shape index (κ3) is 4.83. The number of piperazine rings is 1. The van der Waals surface area contributed by atoms with Crippen LogP contribution in [-0.2, 0) is 4.79 Å². The highest BCUT2D eigenvalue weighted by Gasteiger charge is 2.20. The summed E-state index contributed by atoms with van der Waals surface area (Å²) in [4.78, 5) is 23.7. The van der Waals surface area contributed by atoms with Crippen LogP contribution in [0.1, 0.15) is 12.8 Å². The molecule has 0 radical (unpaired) electrons. The van der Waals surface area contributed by atoms with E-state index in [0.717, 1.165) is 55.2 Å². The molecule has 2 saturated heterocycles. The van der Waals surface area contributed by atoms with E-state index in [2.05, 4.69) is 53.1 Å². The molecular formula is C21H26BrN5O. The first-order valence-corrected chi connectivity index (χ1v) is 10.7. The molecule has 6 nitrogen and oxygen atoms in total. The van der Waals surface area contributed by atoms with Crippen LogP contribution in [0.4, 0.5) is 17.2 Å². The summed E-state index contributed by atoms with van der Waals surface area (Å²) in [7, 11) is 0. The summed E-state index contributed by atoms with van der Waals surface area (Å²) < 4.78 is 0.986. The van der Waals surface area contributed by atoms with Crippen molar-refractivity contribution in [1.29, 1.82) is 0 Å². The van der Waals surface area contributed by atoms with Gasteiger partial charge in [-0.2, -0.15) is 0 Å². The van der Waals surface area contributed by atoms with Crippen molar-refractivity contribution < 1.29 is 4.79 Å². The van der Waals surface area contributed by atoms with Crippen molar-refractivity contribution in [3.63, 3.8) is 0 Å². The first-order chi connectivity index (χ1) is 13.7. The van der Waals surface area contributed by atoms with Crippen molar-refractivity contribution in [1.82, 2.24) is 9.88 Å². The van der Waals surface area contributed by atoms with Crippen LogP contribution in [-0.4, -0.2) is 61.6 Å². The summed E-state index contributed by atoms with van der Waals surface area (Å²) in [6, 6.07) is 12.2. The molecule has 1 aromatic heterocycles. The van der Waals surface area contributed by atoms with Gasteiger partial charge >= 0.3 is 0 Å². The highest BCUT2D eigenvalue weighted by atomic mass is 79.9. The number of amides is 1. The lowest BCUT2D eigenvalue weighted by Crippen LogP contribution is -2.48. The van der Waals surface area contributed by atoms with E-state index in [1.54, 1.807) is 0 Å². The summed E-state index contributed by atoms with van der Waals surface area (Å²) in [6.45, 7) is 6.17. The van der Waals surface area contributed by atoms with E-state index in [0.29, 0.717) is 6.54 Å². The highest BCUT2D eigenvalue weighted by Crippen LogP contribution is 2.22. The second kappa shape index (κ2) is 8.92. The average molecular weight is 444 g/mol. The number of nitrogens with one attached hydrogen (secondary N) is 1. The van der Waals surface area contributed by atoms with Gasteiger partial charge in [-0.05, 0) is 65.2 Å². The topological polar surface area (TPSA) is 51.7 Å². The maximum Gasteiger partial charge on any atom is 0.238 e. The van der Waals surface area contributed by atoms with E-state index in [1.165, 1.54) is 18.5 Å². The molecule has 28 heavy (non-hydrogen) atoms. The Labute approximate surface area is 174 Å². The zero-order chi connectivity index (χ0) is 19.3. The first kappa shape index (κ1) is 19.2. The standard InChI is InChI=1S/C21H26BrN5O/c22-17-3-8-20(23-15-17)27-13-11-25(12-14-27)16-21(28)24-18-4-6-19(7-5-18)26-9-1-2-10-26/h3-8,15H,1-2,9-14,16H2,(H,24,28). The summed E-state index contributed by atoms with van der Waals surface area (Å²) in [5, 5.41) is 3.03. The molecule has 1 amide bonds. The third-order valence-electron chi connectivity index (χ3n) is 5.40. The van der Waals surface area contributed by atoms with Gasteiger partial charge in [-0.3, -0.25) is 9.69 Å². The van der Waals surface area contributed by atoms with Crippen LogP contribution in [0.3, 0.4) is 0 Å². The maximum atomic E-state index is 12.4. The molecule has 2 fully saturated rings. The Bertz CT molecular complexity index is 781. The minimum Gasteiger partial charge on any atom is -0.372 e. The number of hydrogen-bond acceptors (Lipinski definition) is 5. The van der Waals surface area contributed by atoms with Crippen molar-refractivity contribution in [3.8, 4) is 0 Å². The number of pyridine rings is 1. The van der Waals surface area contributed by atoms with Gasteiger partial charge in [0.1, 0.15) is 5.82 Å². The highest BCUT2D eigenvalue weighted by molar-refractivity contribution is 9.10. The number of anilines is 3. The number of carbonyl (C=O) groups excluding carboxylic acids is 1. The lowest BCUT2D eigenvalue weighted by Gasteiger charge is -2.35. The van der Waals surface area contributed by atoms with Crippen molar-refractivity contribution in [2.24, 2.45) is 0 Å². The molecule has 2 aliphatic rings. The molecule has 7 heteroatoms. The monoisotopic (exact) mass is 443 g/mol. The second-order valence-electron chi connectivity index (χ2n) is 7.39. The molecule has 0 bridgehead atoms. The smallest absolute Gasteiger partial charge is 0.238 e. The summed E-state index contributed by atoms with van der Waals surface area (Å²) >= 11 is 3.42. The number of nitrogens with zero attached hydrogens (tertiary/aromatic N) is 4. The van der Waals surface area contributed by atoms with Crippen LogP contribution in [0.25, 0.3) is 0 Å². The van der Waals surface area contributed by atoms with Crippen LogP contribution < -0.4 is 15.1 Å². The molecule has 0 unspecified atom stereocenters. The van der Waals surface area contributed by atoms with Gasteiger partial charge < -0.3 is 15.1 Å². The summed E-state index contributed by atoms with van der Waals surface area (Å²) in [5.41, 5.74) is 2.11. The van der Waals surface area contributed by atoms with E-state index in [-0.39, 0.29) is 5.91 Å². The second-order valence-corrected chi connectivity index (χ2v) is 8.30. The molecule has 0 aliphatic carbocycles. The van der Waals surface area contributed by atoms with Gasteiger partial charge in [0.15, 0.2) is 0 Å². The van der Waals surface area contributed by atoms with Gasteiger partial charge in [0.2, 0.25) is 5.91 Å². The lowest BCUT2D eigenvalue weighted by atomic mass is 10.2. The summed E-state index contributed by atoms with van der Waals surface area (Å²) in [6.07, 6.45) is 4.36. The van der Waals surface area contributed by atoms with E-state index in [9.17, 15) is 4.79 Å². The molecule has 0 spiro atoms. The predicted octanol–water partition coefficient (Wildman–Crippen LogP) is 3.21. The minimum atomic E-state index is 0.0455. The Kier molecular flexibility index (Phi) is 6.12. The van der Waals surface area contributed by atoms with E-state index >= 15 is 0 Å². The van der Waals surface area contributed by atoms with Gasteiger partial charge in [-0.15, -0.1) is 0 Å². The molecule has 1 aromatic carbocycles. The molecule has 2 aliphatic heterocycles. The van der Waals surface area contributed by atoms with Gasteiger partial charge in [-0.1, -0.05) is 0 Å². The van der Waals surface area contributed by atoms with Gasteiger partial charge in [-0.25, -0.2) is 4.98 Å². The SMILES string of the molecule is O=C(CN1CCN(c2ccc(Br)cn2)CC1)Nc1ccc(N2CCCC2)cc1. The number of benzene rings is 1. The molecule has 0 saturated carbocycles. The normalized spacial score (nSPS) is 17.8. The minimum absolute atomic E-state index is 0.0455. The summed E-state index contributed by atoms with van der Waals surface area (Å²) in [5.74, 6) is 1.04. The molecule has 4 rings (SSSR count). The van der Waals surface area contributed by atoms with E-state index in [4.69, 9.17) is 0 Å². The zero-order valence-electron chi connectivity index (χ0n) is 16.0. The Morgan fingerprint density at radius 3 is 2.29 bits per heavy atom. The van der Waals surface area contributed by atoms with Crippen LogP contribution in [0, 0.1) is 0 Å². The fourth-order valence-corrected chi connectivity index (χ4v) is 4.06. The molecule has 3 heterocycles. The number of aromatic nitrogens is 1. The van der Waals surface area contributed by atoms with Gasteiger partial charge in [0.05, 0.1) is 6.54 Å². The number of rotatable bonds is 5. The Hall–Kier alpha value is -2.12. The number of carbonyl (C=O) groups is 1. The number of hydrogen-bond donors (Lipinski definition) is 1. The van der Waals surface area contributed by atoms with Crippen molar-refractivity contribution in [2.45, 2.75) is 12.8 Å². The van der Waals surface area contributed by atoms with Crippen molar-refractivity contribution in [2.75, 3.05) is 60.9 Å². The van der Waals surface area contributed by atoms with Crippen LogP contribution in [0.2, 0.25) is 0 Å². The van der Waals surface area contributed by atoms with Crippen molar-refractivity contribution >= 4 is 39.0 Å². The molecule has 148 valence electrons. The third-order valence-corrected chi connectivity index (χ3v) is 5.87. The Morgan fingerprint density at radius 2 is 1.64 bits per heavy atom. The molecule has 1 N–H and O–H groups in total. The van der Waals surface area contributed by atoms with E-state index in [1.807, 2.05) is 30.5 Å². The number of halogens is 1. The van der Waals surface area contributed by atoms with Gasteiger partial charge in [0.25, 0.3) is 0 Å². The van der Waals surface area contributed by atoms with Gasteiger partial charge in [0, 0.05) is 61.3 Å². The van der Waals surface area contributed by atoms with Crippen LogP contribution in [0.15, 0.2) is 47.1 Å². The predicted molar refractivity (Wildman–Crippen MR) is 117 cm³/mol. The Balaban J connectivity index is 1.24. The van der Waals surface area contributed by atoms with Crippen LogP contribution in [0.5, 0.6) is 0 Å².